The van der Waals surface area contributed by atoms with E-state index in [1.807, 2.05) is 55.5 Å². The van der Waals surface area contributed by atoms with Gasteiger partial charge in [0.15, 0.2) is 6.61 Å². The zero-order chi connectivity index (χ0) is 22.1. The van der Waals surface area contributed by atoms with E-state index in [0.717, 1.165) is 31.6 Å². The molecule has 0 fully saturated rings. The molecule has 1 aliphatic heterocycles. The topological polar surface area (TPSA) is 75.7 Å². The van der Waals surface area contributed by atoms with Crippen molar-refractivity contribution in [2.45, 2.75) is 30.6 Å². The Morgan fingerprint density at radius 1 is 0.968 bits per heavy atom. The lowest BCUT2D eigenvalue weighted by Gasteiger charge is -2.30. The molecule has 31 heavy (non-hydrogen) atoms. The molecule has 0 radical (unpaired) electrons. The van der Waals surface area contributed by atoms with E-state index in [9.17, 15) is 14.4 Å². The number of carbonyl (C=O) groups is 3. The fourth-order valence-corrected chi connectivity index (χ4v) is 5.51. The summed E-state index contributed by atoms with van der Waals surface area (Å²) < 4.78 is 5.41. The predicted octanol–water partition coefficient (Wildman–Crippen LogP) is 5.31. The Bertz CT molecular complexity index is 1160. The van der Waals surface area contributed by atoms with Gasteiger partial charge in [0.1, 0.15) is 5.00 Å². The van der Waals surface area contributed by atoms with Gasteiger partial charge in [-0.25, -0.2) is 4.79 Å². The van der Waals surface area contributed by atoms with Crippen LogP contribution in [-0.2, 0) is 14.3 Å². The zero-order valence-electron chi connectivity index (χ0n) is 17.2. The van der Waals surface area contributed by atoms with Gasteiger partial charge in [-0.1, -0.05) is 36.0 Å². The molecule has 2 amide bonds. The molecule has 1 N–H and O–H groups in total. The number of amides is 2. The molecule has 0 atom stereocenters. The lowest BCUT2D eigenvalue weighted by molar-refractivity contribution is -0.121. The van der Waals surface area contributed by atoms with Crippen molar-refractivity contribution >= 4 is 57.3 Å². The molecule has 0 saturated heterocycles. The van der Waals surface area contributed by atoms with Crippen LogP contribution in [0.4, 0.5) is 16.4 Å². The quantitative estimate of drug-likeness (QED) is 0.543. The van der Waals surface area contributed by atoms with E-state index < -0.39 is 12.6 Å². The zero-order valence-corrected chi connectivity index (χ0v) is 18.9. The van der Waals surface area contributed by atoms with Crippen LogP contribution >= 0.6 is 23.1 Å². The van der Waals surface area contributed by atoms with E-state index in [1.54, 1.807) is 23.6 Å². The molecule has 0 unspecified atom stereocenters. The van der Waals surface area contributed by atoms with E-state index in [-0.39, 0.29) is 11.8 Å². The molecule has 0 aliphatic carbocycles. The number of nitrogens with zero attached hydrogens (tertiary/aromatic N) is 1. The molecule has 158 valence electrons. The largest absolute Gasteiger partial charge is 0.452 e. The second kappa shape index (κ2) is 8.56. The second-order valence-electron chi connectivity index (χ2n) is 7.01. The molecule has 2 aromatic carbocycles. The van der Waals surface area contributed by atoms with Gasteiger partial charge >= 0.3 is 5.97 Å². The summed E-state index contributed by atoms with van der Waals surface area (Å²) >= 11 is 2.91. The average molecular weight is 453 g/mol. The molecule has 1 aromatic heterocycles. The van der Waals surface area contributed by atoms with Crippen LogP contribution in [0, 0.1) is 13.8 Å². The van der Waals surface area contributed by atoms with Gasteiger partial charge in [0, 0.05) is 21.6 Å². The third kappa shape index (κ3) is 4.08. The first-order valence-corrected chi connectivity index (χ1v) is 11.2. The number of anilines is 3. The van der Waals surface area contributed by atoms with E-state index in [0.29, 0.717) is 10.6 Å². The highest BCUT2D eigenvalue weighted by atomic mass is 32.2. The highest BCUT2D eigenvalue weighted by molar-refractivity contribution is 7.99. The molecule has 4 rings (SSSR count). The smallest absolute Gasteiger partial charge is 0.341 e. The Labute approximate surface area is 188 Å². The van der Waals surface area contributed by atoms with Gasteiger partial charge in [0.25, 0.3) is 5.91 Å². The first kappa shape index (κ1) is 21.1. The number of esters is 1. The number of para-hydroxylation sites is 2. The van der Waals surface area contributed by atoms with E-state index in [2.05, 4.69) is 5.32 Å². The summed E-state index contributed by atoms with van der Waals surface area (Å²) in [6, 6.07) is 15.3. The van der Waals surface area contributed by atoms with Crippen LogP contribution in [-0.4, -0.2) is 24.4 Å². The predicted molar refractivity (Wildman–Crippen MR) is 123 cm³/mol. The highest BCUT2D eigenvalue weighted by Gasteiger charge is 2.29. The van der Waals surface area contributed by atoms with Crippen LogP contribution < -0.4 is 10.2 Å². The van der Waals surface area contributed by atoms with Crippen molar-refractivity contribution in [3.63, 3.8) is 0 Å². The molecule has 6 nitrogen and oxygen atoms in total. The summed E-state index contributed by atoms with van der Waals surface area (Å²) in [7, 11) is 0. The van der Waals surface area contributed by atoms with Crippen LogP contribution in [0.3, 0.4) is 0 Å². The van der Waals surface area contributed by atoms with Crippen molar-refractivity contribution in [2.24, 2.45) is 0 Å². The van der Waals surface area contributed by atoms with Crippen LogP contribution in [0.1, 0.15) is 27.7 Å². The van der Waals surface area contributed by atoms with Crippen molar-refractivity contribution in [1.82, 2.24) is 0 Å². The van der Waals surface area contributed by atoms with Crippen molar-refractivity contribution in [3.8, 4) is 0 Å². The van der Waals surface area contributed by atoms with Crippen molar-refractivity contribution in [2.75, 3.05) is 16.8 Å². The van der Waals surface area contributed by atoms with Crippen molar-refractivity contribution in [1.29, 1.82) is 0 Å². The Morgan fingerprint density at radius 3 is 2.13 bits per heavy atom. The van der Waals surface area contributed by atoms with Crippen LogP contribution in [0.2, 0.25) is 0 Å². The van der Waals surface area contributed by atoms with E-state index in [4.69, 9.17) is 4.74 Å². The molecule has 0 spiro atoms. The standard InChI is InChI=1S/C23H20N2O4S2/c1-13-14(2)30-22(24-15(3)26)21(13)23(28)29-12-20(27)25-16-8-4-6-10-18(16)31-19-11-7-5-9-17(19)25/h4-11H,12H2,1-3H3,(H,24,26). The fourth-order valence-electron chi connectivity index (χ4n) is 3.36. The molecule has 0 saturated carbocycles. The van der Waals surface area contributed by atoms with E-state index >= 15 is 0 Å². The summed E-state index contributed by atoms with van der Waals surface area (Å²) in [5.74, 6) is -1.25. The number of nitrogens with one attached hydrogen (secondary N) is 1. The second-order valence-corrected chi connectivity index (χ2v) is 9.32. The van der Waals surface area contributed by atoms with Crippen molar-refractivity contribution in [3.05, 3.63) is 64.5 Å². The van der Waals surface area contributed by atoms with Gasteiger partial charge in [-0.2, -0.15) is 0 Å². The maximum atomic E-state index is 13.2. The Balaban J connectivity index is 1.58. The summed E-state index contributed by atoms with van der Waals surface area (Å²) in [5, 5.41) is 3.11. The van der Waals surface area contributed by atoms with Crippen LogP contribution in [0.15, 0.2) is 58.3 Å². The summed E-state index contributed by atoms with van der Waals surface area (Å²) in [4.78, 5) is 41.9. The first-order valence-electron chi connectivity index (χ1n) is 9.60. The third-order valence-corrected chi connectivity index (χ3v) is 7.14. The molecular formula is C23H20N2O4S2. The minimum Gasteiger partial charge on any atom is -0.452 e. The average Bonchev–Trinajstić information content (AvgIpc) is 3.02. The minimum absolute atomic E-state index is 0.273. The van der Waals surface area contributed by atoms with Gasteiger partial charge in [0.05, 0.1) is 16.9 Å². The van der Waals surface area contributed by atoms with Crippen LogP contribution in [0.5, 0.6) is 0 Å². The van der Waals surface area contributed by atoms with E-state index in [1.165, 1.54) is 18.3 Å². The monoisotopic (exact) mass is 452 g/mol. The lowest BCUT2D eigenvalue weighted by Crippen LogP contribution is -2.32. The normalized spacial score (nSPS) is 12.0. The summed E-state index contributed by atoms with van der Waals surface area (Å²) in [6.07, 6.45) is 0. The number of thiophene rings is 1. The summed E-state index contributed by atoms with van der Waals surface area (Å²) in [6.45, 7) is 4.63. The minimum atomic E-state index is -0.632. The third-order valence-electron chi connectivity index (χ3n) is 4.89. The Hall–Kier alpha value is -3.10. The number of rotatable bonds is 4. The van der Waals surface area contributed by atoms with Gasteiger partial charge < -0.3 is 10.1 Å². The maximum Gasteiger partial charge on any atom is 0.341 e. The summed E-state index contributed by atoms with van der Waals surface area (Å²) in [5.41, 5.74) is 2.54. The fraction of sp³-hybridized carbons (Fsp3) is 0.174. The molecule has 0 bridgehead atoms. The van der Waals surface area contributed by atoms with Crippen molar-refractivity contribution < 1.29 is 19.1 Å². The van der Waals surface area contributed by atoms with Gasteiger partial charge in [-0.15, -0.1) is 11.3 Å². The SMILES string of the molecule is CC(=O)Nc1sc(C)c(C)c1C(=O)OCC(=O)N1c2ccccc2Sc2ccccc21. The molecular weight excluding hydrogens is 432 g/mol. The van der Waals surface area contributed by atoms with Crippen LogP contribution in [0.25, 0.3) is 0 Å². The maximum absolute atomic E-state index is 13.2. The highest BCUT2D eigenvalue weighted by Crippen LogP contribution is 2.47. The van der Waals surface area contributed by atoms with Gasteiger partial charge in [-0.3, -0.25) is 14.5 Å². The number of fused-ring (bicyclic) bond motifs is 2. The Kier molecular flexibility index (Phi) is 5.84. The number of hydrogen-bond donors (Lipinski definition) is 1. The molecule has 8 heteroatoms. The molecule has 1 aliphatic rings. The Morgan fingerprint density at radius 2 is 1.55 bits per heavy atom. The number of ether oxygens (including phenoxy) is 1. The van der Waals surface area contributed by atoms with Gasteiger partial charge in [-0.05, 0) is 43.7 Å². The number of carbonyl (C=O) groups excluding carboxylic acids is 3. The number of hydrogen-bond acceptors (Lipinski definition) is 6. The first-order chi connectivity index (χ1) is 14.9. The van der Waals surface area contributed by atoms with Gasteiger partial charge in [0.2, 0.25) is 5.91 Å². The number of aryl methyl sites for hydroxylation is 1. The lowest BCUT2D eigenvalue weighted by atomic mass is 10.1. The molecule has 2 heterocycles. The molecule has 3 aromatic rings. The number of benzene rings is 2.